The fourth-order valence-corrected chi connectivity index (χ4v) is 2.89. The summed E-state index contributed by atoms with van der Waals surface area (Å²) >= 11 is 5.91. The lowest BCUT2D eigenvalue weighted by Gasteiger charge is -2.33. The topological polar surface area (TPSA) is 39.9 Å². The number of benzene rings is 1. The Kier molecular flexibility index (Phi) is 5.16. The molecule has 1 aliphatic rings. The Morgan fingerprint density at radius 3 is 2.32 bits per heavy atom. The third-order valence-electron chi connectivity index (χ3n) is 4.05. The molecule has 0 atom stereocenters. The van der Waals surface area contributed by atoms with Gasteiger partial charge >= 0.3 is 0 Å². The molecular weight excluding hydrogens is 300 g/mol. The van der Waals surface area contributed by atoms with Crippen molar-refractivity contribution in [3.8, 4) is 11.3 Å². The molecule has 2 heterocycles. The van der Waals surface area contributed by atoms with Gasteiger partial charge in [0, 0.05) is 43.3 Å². The molecule has 1 aromatic heterocycles. The molecule has 2 aromatic rings. The van der Waals surface area contributed by atoms with E-state index in [1.54, 1.807) is 0 Å². The molecule has 0 saturated carbocycles. The van der Waals surface area contributed by atoms with Crippen LogP contribution in [0.3, 0.4) is 0 Å². The smallest absolute Gasteiger partial charge is 0.134 e. The Balaban J connectivity index is 1.57. The zero-order chi connectivity index (χ0) is 15.4. The minimum atomic E-state index is 0.239. The van der Waals surface area contributed by atoms with E-state index in [0.717, 1.165) is 61.4 Å². The number of halogens is 1. The highest BCUT2D eigenvalue weighted by Crippen LogP contribution is 2.24. The van der Waals surface area contributed by atoms with Gasteiger partial charge in [0.2, 0.25) is 0 Å². The number of piperazine rings is 1. The maximum Gasteiger partial charge on any atom is 0.134 e. The minimum Gasteiger partial charge on any atom is -0.460 e. The molecule has 0 aliphatic carbocycles. The number of hydrogen-bond donors (Lipinski definition) is 1. The molecule has 22 heavy (non-hydrogen) atoms. The molecular formula is C17H21ClN2O2. The monoisotopic (exact) mass is 320 g/mol. The molecule has 1 fully saturated rings. The Labute approximate surface area is 135 Å². The van der Waals surface area contributed by atoms with Gasteiger partial charge in [-0.2, -0.15) is 0 Å². The maximum atomic E-state index is 8.97. The molecule has 1 aromatic carbocycles. The van der Waals surface area contributed by atoms with E-state index in [0.29, 0.717) is 0 Å². The van der Waals surface area contributed by atoms with Crippen LogP contribution in [-0.2, 0) is 6.54 Å². The summed E-state index contributed by atoms with van der Waals surface area (Å²) in [5, 5.41) is 9.70. The molecule has 0 spiro atoms. The number of nitrogens with zero attached hydrogens (tertiary/aromatic N) is 2. The Hall–Kier alpha value is -1.33. The maximum absolute atomic E-state index is 8.97. The van der Waals surface area contributed by atoms with Gasteiger partial charge in [-0.15, -0.1) is 0 Å². The quantitative estimate of drug-likeness (QED) is 0.919. The van der Waals surface area contributed by atoms with E-state index in [1.807, 2.05) is 36.4 Å². The van der Waals surface area contributed by atoms with Gasteiger partial charge in [0.1, 0.15) is 11.5 Å². The number of aliphatic hydroxyl groups is 1. The van der Waals surface area contributed by atoms with Crippen LogP contribution >= 0.6 is 11.6 Å². The van der Waals surface area contributed by atoms with Crippen LogP contribution < -0.4 is 0 Å². The Morgan fingerprint density at radius 2 is 1.64 bits per heavy atom. The zero-order valence-electron chi connectivity index (χ0n) is 12.5. The predicted octanol–water partition coefficient (Wildman–Crippen LogP) is 2.71. The van der Waals surface area contributed by atoms with Gasteiger partial charge in [-0.1, -0.05) is 11.6 Å². The Bertz CT molecular complexity index is 589. The van der Waals surface area contributed by atoms with Gasteiger partial charge in [0.25, 0.3) is 0 Å². The van der Waals surface area contributed by atoms with Gasteiger partial charge in [-0.25, -0.2) is 0 Å². The van der Waals surface area contributed by atoms with Gasteiger partial charge in [0.05, 0.1) is 13.2 Å². The average molecular weight is 321 g/mol. The van der Waals surface area contributed by atoms with Crippen LogP contribution in [0.1, 0.15) is 5.76 Å². The number of β-amino-alcohol motifs (C(OH)–C–C–N with tert-alkyl or cyclic N) is 1. The van der Waals surface area contributed by atoms with Crippen molar-refractivity contribution in [1.82, 2.24) is 9.80 Å². The summed E-state index contributed by atoms with van der Waals surface area (Å²) in [6, 6.07) is 11.8. The lowest BCUT2D eigenvalue weighted by molar-refractivity contribution is 0.104. The normalized spacial score (nSPS) is 17.0. The van der Waals surface area contributed by atoms with E-state index in [4.69, 9.17) is 21.1 Å². The lowest BCUT2D eigenvalue weighted by atomic mass is 10.2. The summed E-state index contributed by atoms with van der Waals surface area (Å²) in [6.45, 7) is 5.88. The summed E-state index contributed by atoms with van der Waals surface area (Å²) in [5.41, 5.74) is 1.04. The van der Waals surface area contributed by atoms with E-state index in [2.05, 4.69) is 9.80 Å². The summed E-state index contributed by atoms with van der Waals surface area (Å²) in [6.07, 6.45) is 0. The van der Waals surface area contributed by atoms with Crippen LogP contribution in [0.5, 0.6) is 0 Å². The fraction of sp³-hybridized carbons (Fsp3) is 0.412. The molecule has 1 N–H and O–H groups in total. The summed E-state index contributed by atoms with van der Waals surface area (Å²) in [7, 11) is 0. The molecule has 0 unspecified atom stereocenters. The van der Waals surface area contributed by atoms with Crippen molar-refractivity contribution in [2.24, 2.45) is 0 Å². The first-order chi connectivity index (χ1) is 10.7. The first-order valence-corrected chi connectivity index (χ1v) is 8.02. The molecule has 0 radical (unpaired) electrons. The van der Waals surface area contributed by atoms with Crippen molar-refractivity contribution >= 4 is 11.6 Å². The zero-order valence-corrected chi connectivity index (χ0v) is 13.3. The number of hydrogen-bond acceptors (Lipinski definition) is 4. The van der Waals surface area contributed by atoms with E-state index in [-0.39, 0.29) is 6.61 Å². The highest BCUT2D eigenvalue weighted by atomic mass is 35.5. The van der Waals surface area contributed by atoms with Gasteiger partial charge in [-0.05, 0) is 36.4 Å². The first kappa shape index (κ1) is 15.6. The van der Waals surface area contributed by atoms with Gasteiger partial charge in [-0.3, -0.25) is 9.80 Å². The summed E-state index contributed by atoms with van der Waals surface area (Å²) in [4.78, 5) is 4.68. The van der Waals surface area contributed by atoms with Crippen molar-refractivity contribution in [1.29, 1.82) is 0 Å². The van der Waals surface area contributed by atoms with Crippen molar-refractivity contribution < 1.29 is 9.52 Å². The second-order valence-corrected chi connectivity index (χ2v) is 6.05. The molecule has 1 saturated heterocycles. The molecule has 3 rings (SSSR count). The number of rotatable bonds is 5. The van der Waals surface area contributed by atoms with Crippen molar-refractivity contribution in [2.45, 2.75) is 6.54 Å². The predicted molar refractivity (Wildman–Crippen MR) is 88.0 cm³/mol. The fourth-order valence-electron chi connectivity index (χ4n) is 2.77. The van der Waals surface area contributed by atoms with Crippen LogP contribution in [0, 0.1) is 0 Å². The van der Waals surface area contributed by atoms with E-state index < -0.39 is 0 Å². The molecule has 4 nitrogen and oxygen atoms in total. The van der Waals surface area contributed by atoms with Crippen LogP contribution in [0.4, 0.5) is 0 Å². The van der Waals surface area contributed by atoms with Crippen LogP contribution in [0.25, 0.3) is 11.3 Å². The summed E-state index contributed by atoms with van der Waals surface area (Å²) < 4.78 is 5.95. The first-order valence-electron chi connectivity index (χ1n) is 7.65. The highest BCUT2D eigenvalue weighted by Gasteiger charge is 2.17. The largest absolute Gasteiger partial charge is 0.460 e. The number of aliphatic hydroxyl groups excluding tert-OH is 1. The van der Waals surface area contributed by atoms with E-state index >= 15 is 0 Å². The van der Waals surface area contributed by atoms with Crippen LogP contribution in [0.2, 0.25) is 5.02 Å². The third kappa shape index (κ3) is 3.90. The minimum absolute atomic E-state index is 0.239. The standard InChI is InChI=1S/C17H21ClN2O2/c18-15-3-1-14(2-4-15)17-6-5-16(22-17)13-20-9-7-19(8-10-20)11-12-21/h1-6,21H,7-13H2. The second-order valence-electron chi connectivity index (χ2n) is 5.61. The number of furan rings is 1. The third-order valence-corrected chi connectivity index (χ3v) is 4.30. The summed E-state index contributed by atoms with van der Waals surface area (Å²) in [5.74, 6) is 1.87. The lowest BCUT2D eigenvalue weighted by Crippen LogP contribution is -2.46. The van der Waals surface area contributed by atoms with Gasteiger partial charge in [0.15, 0.2) is 0 Å². The molecule has 5 heteroatoms. The van der Waals surface area contributed by atoms with Crippen molar-refractivity contribution in [2.75, 3.05) is 39.3 Å². The van der Waals surface area contributed by atoms with Crippen LogP contribution in [-0.4, -0.2) is 54.2 Å². The SMILES string of the molecule is OCCN1CCN(Cc2ccc(-c3ccc(Cl)cc3)o2)CC1. The van der Waals surface area contributed by atoms with E-state index in [1.165, 1.54) is 0 Å². The van der Waals surface area contributed by atoms with Crippen molar-refractivity contribution in [3.05, 3.63) is 47.2 Å². The van der Waals surface area contributed by atoms with Crippen molar-refractivity contribution in [3.63, 3.8) is 0 Å². The molecule has 0 bridgehead atoms. The molecule has 1 aliphatic heterocycles. The van der Waals surface area contributed by atoms with Gasteiger partial charge < -0.3 is 9.52 Å². The average Bonchev–Trinajstić information content (AvgIpc) is 2.99. The molecule has 118 valence electrons. The second kappa shape index (κ2) is 7.29. The van der Waals surface area contributed by atoms with Crippen LogP contribution in [0.15, 0.2) is 40.8 Å². The highest BCUT2D eigenvalue weighted by molar-refractivity contribution is 6.30. The molecule has 0 amide bonds. The van der Waals surface area contributed by atoms with E-state index in [9.17, 15) is 0 Å². The Morgan fingerprint density at radius 1 is 0.955 bits per heavy atom.